The predicted octanol–water partition coefficient (Wildman–Crippen LogP) is -0.137. The Morgan fingerprint density at radius 1 is 1.15 bits per heavy atom. The minimum atomic E-state index is -1.09. The average Bonchev–Trinajstić information content (AvgIpc) is 2.67. The number of aliphatic carboxylic acids is 1. The highest BCUT2D eigenvalue weighted by atomic mass is 16.4. The number of rotatable bonds is 2. The minimum Gasteiger partial charge on any atom is -0.480 e. The molecule has 2 amide bonds. The van der Waals surface area contributed by atoms with Crippen LogP contribution in [0.5, 0.6) is 0 Å². The molecule has 1 unspecified atom stereocenters. The van der Waals surface area contributed by atoms with Crippen LogP contribution in [0, 0.1) is 0 Å². The van der Waals surface area contributed by atoms with Crippen molar-refractivity contribution in [2.45, 2.75) is 50.3 Å². The lowest BCUT2D eigenvalue weighted by atomic mass is 10.1. The van der Waals surface area contributed by atoms with E-state index >= 15 is 0 Å². The second-order valence-electron chi connectivity index (χ2n) is 5.56. The number of aliphatic hydroxyl groups is 2. The first-order valence-corrected chi connectivity index (χ1v) is 7.13. The van der Waals surface area contributed by atoms with Crippen molar-refractivity contribution in [3.05, 3.63) is 0 Å². The Labute approximate surface area is 117 Å². The van der Waals surface area contributed by atoms with E-state index in [2.05, 4.69) is 0 Å². The van der Waals surface area contributed by atoms with Gasteiger partial charge in [0.2, 0.25) is 0 Å². The molecule has 2 fully saturated rings. The summed E-state index contributed by atoms with van der Waals surface area (Å²) in [6.07, 6.45) is 2.83. The topological polar surface area (TPSA) is 101 Å². The Kier molecular flexibility index (Phi) is 4.82. The maximum Gasteiger partial charge on any atom is 0.326 e. The molecule has 2 saturated heterocycles. The van der Waals surface area contributed by atoms with Gasteiger partial charge in [-0.05, 0) is 12.8 Å². The smallest absolute Gasteiger partial charge is 0.326 e. The Balaban J connectivity index is 2.13. The summed E-state index contributed by atoms with van der Waals surface area (Å²) < 4.78 is 0. The van der Waals surface area contributed by atoms with Crippen molar-refractivity contribution < 1.29 is 24.9 Å². The van der Waals surface area contributed by atoms with E-state index in [1.807, 2.05) is 0 Å². The summed E-state index contributed by atoms with van der Waals surface area (Å²) in [6, 6.07) is -1.60. The molecule has 3 atom stereocenters. The quantitative estimate of drug-likeness (QED) is 0.656. The van der Waals surface area contributed by atoms with Gasteiger partial charge in [0, 0.05) is 19.5 Å². The van der Waals surface area contributed by atoms with Gasteiger partial charge in [0.25, 0.3) is 0 Å². The predicted molar refractivity (Wildman–Crippen MR) is 70.2 cm³/mol. The summed E-state index contributed by atoms with van der Waals surface area (Å²) in [5.41, 5.74) is 0. The number of carbonyl (C=O) groups is 2. The molecule has 0 radical (unpaired) electrons. The van der Waals surface area contributed by atoms with Gasteiger partial charge in [-0.25, -0.2) is 9.59 Å². The zero-order chi connectivity index (χ0) is 14.7. The minimum absolute atomic E-state index is 0.0461. The number of hydrogen-bond donors (Lipinski definition) is 3. The van der Waals surface area contributed by atoms with Crippen molar-refractivity contribution >= 4 is 12.0 Å². The highest BCUT2D eigenvalue weighted by Crippen LogP contribution is 2.24. The number of urea groups is 1. The summed E-state index contributed by atoms with van der Waals surface area (Å²) in [7, 11) is 0. The van der Waals surface area contributed by atoms with E-state index in [0.717, 1.165) is 25.7 Å². The zero-order valence-electron chi connectivity index (χ0n) is 11.4. The van der Waals surface area contributed by atoms with Crippen molar-refractivity contribution in [2.75, 3.05) is 19.7 Å². The maximum atomic E-state index is 12.5. The highest BCUT2D eigenvalue weighted by Gasteiger charge is 2.41. The SMILES string of the molecule is O=C(O)[C@H]1C[C@@H](O)CN1C(=O)N1CCCCCC1CO. The molecule has 0 aromatic rings. The number of carboxylic acid groups (broad SMARTS) is 1. The second-order valence-corrected chi connectivity index (χ2v) is 5.56. The average molecular weight is 286 g/mol. The molecule has 20 heavy (non-hydrogen) atoms. The molecule has 0 spiro atoms. The van der Waals surface area contributed by atoms with Crippen LogP contribution in [0.2, 0.25) is 0 Å². The van der Waals surface area contributed by atoms with Crippen molar-refractivity contribution in [3.8, 4) is 0 Å². The number of amides is 2. The normalized spacial score (nSPS) is 31.2. The third kappa shape index (κ3) is 3.04. The summed E-state index contributed by atoms with van der Waals surface area (Å²) in [5, 5.41) is 28.2. The Hall–Kier alpha value is -1.34. The number of carboxylic acids is 1. The first kappa shape index (κ1) is 15.1. The van der Waals surface area contributed by atoms with Crippen LogP contribution < -0.4 is 0 Å². The maximum absolute atomic E-state index is 12.5. The molecule has 7 nitrogen and oxygen atoms in total. The summed E-state index contributed by atoms with van der Waals surface area (Å²) in [6.45, 7) is 0.466. The molecule has 0 aromatic carbocycles. The third-order valence-electron chi connectivity index (χ3n) is 4.14. The van der Waals surface area contributed by atoms with Crippen molar-refractivity contribution in [1.82, 2.24) is 9.80 Å². The van der Waals surface area contributed by atoms with Crippen LogP contribution in [0.1, 0.15) is 32.1 Å². The molecule has 7 heteroatoms. The van der Waals surface area contributed by atoms with Crippen LogP contribution in [-0.4, -0.2) is 75.0 Å². The second kappa shape index (κ2) is 6.41. The van der Waals surface area contributed by atoms with Crippen LogP contribution in [0.4, 0.5) is 4.79 Å². The van der Waals surface area contributed by atoms with Gasteiger partial charge < -0.3 is 25.1 Å². The van der Waals surface area contributed by atoms with Gasteiger partial charge in [0.05, 0.1) is 18.8 Å². The number of hydrogen-bond acceptors (Lipinski definition) is 4. The summed E-state index contributed by atoms with van der Waals surface area (Å²) >= 11 is 0. The molecule has 3 N–H and O–H groups in total. The molecule has 2 aliphatic rings. The third-order valence-corrected chi connectivity index (χ3v) is 4.14. The van der Waals surface area contributed by atoms with Gasteiger partial charge in [0.1, 0.15) is 6.04 Å². The fraction of sp³-hybridized carbons (Fsp3) is 0.846. The van der Waals surface area contributed by atoms with E-state index in [0.29, 0.717) is 6.54 Å². The van der Waals surface area contributed by atoms with E-state index in [1.54, 1.807) is 4.90 Å². The number of β-amino-alcohol motifs (C(OH)–C–C–N with tert-alkyl or cyclic N) is 1. The van der Waals surface area contributed by atoms with Gasteiger partial charge in [-0.15, -0.1) is 0 Å². The molecular formula is C13H22N2O5. The highest BCUT2D eigenvalue weighted by molar-refractivity contribution is 5.83. The summed E-state index contributed by atoms with van der Waals surface area (Å²) in [5.74, 6) is -1.09. The largest absolute Gasteiger partial charge is 0.480 e. The van der Waals surface area contributed by atoms with Crippen molar-refractivity contribution in [3.63, 3.8) is 0 Å². The monoisotopic (exact) mass is 286 g/mol. The molecular weight excluding hydrogens is 264 g/mol. The standard InChI is InChI=1S/C13H22N2O5/c16-8-9-4-2-1-3-5-14(9)13(20)15-7-10(17)6-11(15)12(18)19/h9-11,16-17H,1-8H2,(H,18,19)/t9?,10-,11-/m1/s1. The van der Waals surface area contributed by atoms with Gasteiger partial charge in [-0.3, -0.25) is 0 Å². The van der Waals surface area contributed by atoms with Crippen LogP contribution in [0.15, 0.2) is 0 Å². The van der Waals surface area contributed by atoms with Gasteiger partial charge in [-0.1, -0.05) is 12.8 Å². The molecule has 0 saturated carbocycles. The lowest BCUT2D eigenvalue weighted by Gasteiger charge is -2.34. The lowest BCUT2D eigenvalue weighted by molar-refractivity contribution is -0.141. The fourth-order valence-corrected chi connectivity index (χ4v) is 3.04. The molecule has 2 rings (SSSR count). The van der Waals surface area contributed by atoms with Crippen LogP contribution in [0.3, 0.4) is 0 Å². The zero-order valence-corrected chi connectivity index (χ0v) is 11.4. The molecule has 0 bridgehead atoms. The molecule has 114 valence electrons. The number of nitrogens with zero attached hydrogens (tertiary/aromatic N) is 2. The Morgan fingerprint density at radius 2 is 1.90 bits per heavy atom. The Bertz CT molecular complexity index is 376. The number of likely N-dealkylation sites (tertiary alicyclic amines) is 2. The van der Waals surface area contributed by atoms with Gasteiger partial charge in [0.15, 0.2) is 0 Å². The van der Waals surface area contributed by atoms with E-state index in [4.69, 9.17) is 5.11 Å². The van der Waals surface area contributed by atoms with Gasteiger partial charge >= 0.3 is 12.0 Å². The molecule has 0 aliphatic carbocycles. The fourth-order valence-electron chi connectivity index (χ4n) is 3.04. The molecule has 0 aromatic heterocycles. The van der Waals surface area contributed by atoms with E-state index in [1.165, 1.54) is 4.90 Å². The van der Waals surface area contributed by atoms with E-state index in [9.17, 15) is 19.8 Å². The molecule has 2 aliphatic heterocycles. The van der Waals surface area contributed by atoms with E-state index in [-0.39, 0.29) is 31.6 Å². The lowest BCUT2D eigenvalue weighted by Crippen LogP contribution is -2.52. The first-order valence-electron chi connectivity index (χ1n) is 7.13. The van der Waals surface area contributed by atoms with E-state index < -0.39 is 18.1 Å². The number of carbonyl (C=O) groups excluding carboxylic acids is 1. The summed E-state index contributed by atoms with van der Waals surface area (Å²) in [4.78, 5) is 26.5. The Morgan fingerprint density at radius 3 is 2.55 bits per heavy atom. The van der Waals surface area contributed by atoms with Crippen molar-refractivity contribution in [1.29, 1.82) is 0 Å². The van der Waals surface area contributed by atoms with Gasteiger partial charge in [-0.2, -0.15) is 0 Å². The number of aliphatic hydroxyl groups excluding tert-OH is 2. The van der Waals surface area contributed by atoms with Crippen LogP contribution in [-0.2, 0) is 4.79 Å². The van der Waals surface area contributed by atoms with Crippen LogP contribution in [0.25, 0.3) is 0 Å². The van der Waals surface area contributed by atoms with Crippen LogP contribution >= 0.6 is 0 Å². The van der Waals surface area contributed by atoms with Crippen molar-refractivity contribution in [2.24, 2.45) is 0 Å². The molecule has 2 heterocycles. The first-order chi connectivity index (χ1) is 9.54.